The predicted molar refractivity (Wildman–Crippen MR) is 132 cm³/mol. The van der Waals surface area contributed by atoms with E-state index in [9.17, 15) is 9.59 Å². The summed E-state index contributed by atoms with van der Waals surface area (Å²) in [4.78, 5) is 36.4. The molecule has 0 bridgehead atoms. The van der Waals surface area contributed by atoms with Gasteiger partial charge in [0.1, 0.15) is 4.83 Å². The van der Waals surface area contributed by atoms with E-state index in [2.05, 4.69) is 10.3 Å². The Kier molecular flexibility index (Phi) is 5.85. The first-order chi connectivity index (χ1) is 15.7. The van der Waals surface area contributed by atoms with Gasteiger partial charge in [-0.15, -0.1) is 22.7 Å². The van der Waals surface area contributed by atoms with Gasteiger partial charge in [-0.1, -0.05) is 60.3 Å². The fraction of sp³-hybridized carbons (Fsp3) is 0.0435. The molecule has 0 saturated heterocycles. The van der Waals surface area contributed by atoms with Gasteiger partial charge < -0.3 is 5.32 Å². The SMILES string of the molecule is O=C(CSc1nc2sc(-c3ccccc3)cc2c(=O)n1-c1ccccc1)Nc1nccs1. The van der Waals surface area contributed by atoms with Gasteiger partial charge in [0.05, 0.1) is 16.8 Å². The van der Waals surface area contributed by atoms with Crippen LogP contribution in [0.1, 0.15) is 0 Å². The van der Waals surface area contributed by atoms with Gasteiger partial charge in [0.25, 0.3) is 5.56 Å². The molecule has 1 amide bonds. The molecule has 32 heavy (non-hydrogen) atoms. The average molecular weight is 477 g/mol. The Labute approximate surface area is 195 Å². The van der Waals surface area contributed by atoms with E-state index >= 15 is 0 Å². The van der Waals surface area contributed by atoms with E-state index in [0.29, 0.717) is 26.2 Å². The van der Waals surface area contributed by atoms with E-state index < -0.39 is 0 Å². The lowest BCUT2D eigenvalue weighted by molar-refractivity contribution is -0.113. The van der Waals surface area contributed by atoms with E-state index in [1.807, 2.05) is 66.7 Å². The molecule has 0 aliphatic carbocycles. The maximum absolute atomic E-state index is 13.5. The van der Waals surface area contributed by atoms with Crippen LogP contribution in [0, 0.1) is 0 Å². The van der Waals surface area contributed by atoms with E-state index in [1.54, 1.807) is 16.1 Å². The number of carbonyl (C=O) groups excluding carboxylic acids is 1. The zero-order chi connectivity index (χ0) is 21.9. The third-order valence-corrected chi connectivity index (χ3v) is 7.32. The number of hydrogen-bond donors (Lipinski definition) is 1. The minimum absolute atomic E-state index is 0.112. The first-order valence-corrected chi connectivity index (χ1v) is 12.4. The Bertz CT molecular complexity index is 1430. The number of hydrogen-bond acceptors (Lipinski definition) is 7. The van der Waals surface area contributed by atoms with Crippen molar-refractivity contribution < 1.29 is 4.79 Å². The van der Waals surface area contributed by atoms with Crippen molar-refractivity contribution in [3.8, 4) is 16.1 Å². The van der Waals surface area contributed by atoms with Gasteiger partial charge in [-0.25, -0.2) is 9.97 Å². The van der Waals surface area contributed by atoms with Crippen molar-refractivity contribution >= 4 is 55.7 Å². The molecule has 0 aliphatic rings. The number of thiophene rings is 1. The number of carbonyl (C=O) groups is 1. The van der Waals surface area contributed by atoms with Crippen molar-refractivity contribution in [3.63, 3.8) is 0 Å². The zero-order valence-electron chi connectivity index (χ0n) is 16.6. The molecule has 5 rings (SSSR count). The second kappa shape index (κ2) is 9.07. The Balaban J connectivity index is 1.55. The van der Waals surface area contributed by atoms with Crippen LogP contribution in [0.2, 0.25) is 0 Å². The fourth-order valence-corrected chi connectivity index (χ4v) is 5.61. The van der Waals surface area contributed by atoms with E-state index in [-0.39, 0.29) is 17.2 Å². The Morgan fingerprint density at radius 2 is 1.81 bits per heavy atom. The molecule has 6 nitrogen and oxygen atoms in total. The third kappa shape index (κ3) is 4.22. The summed E-state index contributed by atoms with van der Waals surface area (Å²) in [7, 11) is 0. The van der Waals surface area contributed by atoms with Gasteiger partial charge in [-0.05, 0) is 23.8 Å². The number of thioether (sulfide) groups is 1. The predicted octanol–water partition coefficient (Wildman–Crippen LogP) is 5.30. The van der Waals surface area contributed by atoms with Crippen molar-refractivity contribution in [2.24, 2.45) is 0 Å². The van der Waals surface area contributed by atoms with Gasteiger partial charge in [0.15, 0.2) is 10.3 Å². The number of nitrogens with one attached hydrogen (secondary N) is 1. The van der Waals surface area contributed by atoms with Crippen molar-refractivity contribution in [1.29, 1.82) is 0 Å². The number of fused-ring (bicyclic) bond motifs is 1. The van der Waals surface area contributed by atoms with Crippen LogP contribution in [-0.4, -0.2) is 26.2 Å². The van der Waals surface area contributed by atoms with Crippen LogP contribution in [-0.2, 0) is 4.79 Å². The van der Waals surface area contributed by atoms with Crippen LogP contribution < -0.4 is 10.9 Å². The summed E-state index contributed by atoms with van der Waals surface area (Å²) in [5.74, 6) is -0.0866. The third-order valence-electron chi connectivity index (χ3n) is 4.62. The summed E-state index contributed by atoms with van der Waals surface area (Å²) >= 11 is 4.06. The lowest BCUT2D eigenvalue weighted by Gasteiger charge is -2.11. The number of aromatic nitrogens is 3. The Hall–Kier alpha value is -3.27. The van der Waals surface area contributed by atoms with Crippen LogP contribution in [0.4, 0.5) is 5.13 Å². The molecular formula is C23H16N4O2S3. The van der Waals surface area contributed by atoms with Gasteiger partial charge in [0, 0.05) is 16.5 Å². The van der Waals surface area contributed by atoms with Crippen molar-refractivity contribution in [2.45, 2.75) is 5.16 Å². The Morgan fingerprint density at radius 1 is 1.06 bits per heavy atom. The molecule has 0 atom stereocenters. The highest BCUT2D eigenvalue weighted by molar-refractivity contribution is 7.99. The molecule has 158 valence electrons. The molecular weight excluding hydrogens is 460 g/mol. The molecule has 1 N–H and O–H groups in total. The maximum Gasteiger partial charge on any atom is 0.267 e. The average Bonchev–Trinajstić information content (AvgIpc) is 3.49. The lowest BCUT2D eigenvalue weighted by Crippen LogP contribution is -2.22. The van der Waals surface area contributed by atoms with Gasteiger partial charge in [0.2, 0.25) is 5.91 Å². The summed E-state index contributed by atoms with van der Waals surface area (Å²) in [6.07, 6.45) is 1.64. The molecule has 0 spiro atoms. The van der Waals surface area contributed by atoms with Gasteiger partial charge >= 0.3 is 0 Å². The molecule has 0 radical (unpaired) electrons. The van der Waals surface area contributed by atoms with E-state index in [1.165, 1.54) is 34.4 Å². The zero-order valence-corrected chi connectivity index (χ0v) is 19.0. The van der Waals surface area contributed by atoms with Crippen LogP contribution in [0.25, 0.3) is 26.3 Å². The molecule has 0 unspecified atom stereocenters. The normalized spacial score (nSPS) is 11.0. The molecule has 9 heteroatoms. The summed E-state index contributed by atoms with van der Waals surface area (Å²) in [5.41, 5.74) is 1.60. The number of para-hydroxylation sites is 1. The molecule has 0 fully saturated rings. The second-order valence-corrected chi connectivity index (χ2v) is 9.61. The van der Waals surface area contributed by atoms with Crippen LogP contribution in [0.5, 0.6) is 0 Å². The largest absolute Gasteiger partial charge is 0.301 e. The number of anilines is 1. The number of thiazole rings is 1. The maximum atomic E-state index is 13.5. The quantitative estimate of drug-likeness (QED) is 0.266. The molecule has 3 heterocycles. The number of rotatable bonds is 6. The highest BCUT2D eigenvalue weighted by Gasteiger charge is 2.18. The Morgan fingerprint density at radius 3 is 2.53 bits per heavy atom. The summed E-state index contributed by atoms with van der Waals surface area (Å²) < 4.78 is 1.57. The molecule has 0 saturated carbocycles. The first kappa shape index (κ1) is 20.6. The monoisotopic (exact) mass is 476 g/mol. The number of benzene rings is 2. The standard InChI is InChI=1S/C23H16N4O2S3/c28-19(25-22-24-11-12-30-22)14-31-23-26-20-17(13-18(32-20)15-7-3-1-4-8-15)21(29)27(23)16-9-5-2-6-10-16/h1-13H,14H2,(H,24,25,28). The lowest BCUT2D eigenvalue weighted by atomic mass is 10.2. The summed E-state index contributed by atoms with van der Waals surface area (Å²) in [6, 6.07) is 21.2. The first-order valence-electron chi connectivity index (χ1n) is 9.68. The topological polar surface area (TPSA) is 76.9 Å². The number of nitrogens with zero attached hydrogens (tertiary/aromatic N) is 3. The van der Waals surface area contributed by atoms with Crippen LogP contribution in [0.15, 0.2) is 88.3 Å². The van der Waals surface area contributed by atoms with Crippen molar-refractivity contribution in [2.75, 3.05) is 11.1 Å². The van der Waals surface area contributed by atoms with Crippen molar-refractivity contribution in [3.05, 3.63) is 88.7 Å². The van der Waals surface area contributed by atoms with Crippen LogP contribution in [0.3, 0.4) is 0 Å². The summed E-state index contributed by atoms with van der Waals surface area (Å²) in [6.45, 7) is 0. The smallest absolute Gasteiger partial charge is 0.267 e. The minimum Gasteiger partial charge on any atom is -0.301 e. The molecule has 3 aromatic heterocycles. The van der Waals surface area contributed by atoms with E-state index in [4.69, 9.17) is 4.98 Å². The van der Waals surface area contributed by atoms with Gasteiger partial charge in [-0.3, -0.25) is 14.2 Å². The van der Waals surface area contributed by atoms with E-state index in [0.717, 1.165) is 10.4 Å². The molecule has 2 aromatic carbocycles. The van der Waals surface area contributed by atoms with Gasteiger partial charge in [-0.2, -0.15) is 0 Å². The fourth-order valence-electron chi connectivity index (χ4n) is 3.18. The molecule has 5 aromatic rings. The minimum atomic E-state index is -0.199. The summed E-state index contributed by atoms with van der Waals surface area (Å²) in [5, 5.41) is 6.15. The highest BCUT2D eigenvalue weighted by Crippen LogP contribution is 2.32. The van der Waals surface area contributed by atoms with Crippen LogP contribution >= 0.6 is 34.4 Å². The highest BCUT2D eigenvalue weighted by atomic mass is 32.2. The number of amides is 1. The van der Waals surface area contributed by atoms with Crippen molar-refractivity contribution in [1.82, 2.24) is 14.5 Å². The molecule has 0 aliphatic heterocycles. The second-order valence-electron chi connectivity index (χ2n) is 6.74.